The number of aromatic nitrogens is 1. The number of hydrogen-bond donors (Lipinski definition) is 3. The van der Waals surface area contributed by atoms with Gasteiger partial charge in [-0.2, -0.15) is 0 Å². The molecule has 1 aromatic heterocycles. The van der Waals surface area contributed by atoms with Gasteiger partial charge in [0.1, 0.15) is 17.6 Å². The number of urea groups is 1. The number of benzene rings is 1. The summed E-state index contributed by atoms with van der Waals surface area (Å²) in [6, 6.07) is 8.28. The molecule has 0 saturated carbocycles. The first-order valence-corrected chi connectivity index (χ1v) is 8.10. The fraction of sp³-hybridized carbons (Fsp3) is 0.353. The Morgan fingerprint density at radius 3 is 2.52 bits per heavy atom. The van der Waals surface area contributed by atoms with Gasteiger partial charge in [-0.25, -0.2) is 4.79 Å². The molecular formula is C17H20N4O4. The smallest absolute Gasteiger partial charge is 0.319 e. The van der Waals surface area contributed by atoms with Crippen molar-refractivity contribution in [1.82, 2.24) is 10.5 Å². The predicted octanol–water partition coefficient (Wildman–Crippen LogP) is 2.42. The molecule has 0 unspecified atom stereocenters. The Morgan fingerprint density at radius 1 is 1.20 bits per heavy atom. The van der Waals surface area contributed by atoms with Crippen LogP contribution >= 0.6 is 0 Å². The van der Waals surface area contributed by atoms with Crippen molar-refractivity contribution in [2.24, 2.45) is 0 Å². The minimum Gasteiger partial charge on any atom is -0.368 e. The Hall–Kier alpha value is -2.87. The normalized spacial score (nSPS) is 16.4. The second kappa shape index (κ2) is 7.80. The third kappa shape index (κ3) is 4.80. The van der Waals surface area contributed by atoms with E-state index in [-0.39, 0.29) is 24.6 Å². The lowest BCUT2D eigenvalue weighted by Crippen LogP contribution is -2.28. The van der Waals surface area contributed by atoms with Crippen LogP contribution in [0.25, 0.3) is 0 Å². The Bertz CT molecular complexity index is 735. The highest BCUT2D eigenvalue weighted by Gasteiger charge is 2.23. The second-order valence-electron chi connectivity index (χ2n) is 5.80. The number of hydrogen-bond acceptors (Lipinski definition) is 5. The fourth-order valence-electron chi connectivity index (χ4n) is 2.49. The molecule has 0 aliphatic carbocycles. The van der Waals surface area contributed by atoms with Crippen molar-refractivity contribution in [2.75, 3.05) is 17.2 Å². The summed E-state index contributed by atoms with van der Waals surface area (Å²) < 4.78 is 10.3. The van der Waals surface area contributed by atoms with Crippen molar-refractivity contribution in [3.05, 3.63) is 41.8 Å². The number of nitrogens with one attached hydrogen (secondary N) is 3. The highest BCUT2D eigenvalue weighted by Crippen LogP contribution is 2.17. The molecule has 1 aliphatic rings. The van der Waals surface area contributed by atoms with Gasteiger partial charge in [0.25, 0.3) is 5.91 Å². The molecule has 1 aliphatic heterocycles. The lowest BCUT2D eigenvalue weighted by atomic mass is 10.2. The van der Waals surface area contributed by atoms with E-state index in [0.717, 1.165) is 12.8 Å². The van der Waals surface area contributed by atoms with E-state index in [1.54, 1.807) is 37.3 Å². The zero-order valence-electron chi connectivity index (χ0n) is 13.9. The molecule has 132 valence electrons. The average molecular weight is 344 g/mol. The third-order valence-electron chi connectivity index (χ3n) is 3.74. The van der Waals surface area contributed by atoms with E-state index in [1.165, 1.54) is 0 Å². The van der Waals surface area contributed by atoms with Crippen molar-refractivity contribution < 1.29 is 18.8 Å². The molecule has 0 radical (unpaired) electrons. The number of carbonyl (C=O) groups is 2. The van der Waals surface area contributed by atoms with Crippen LogP contribution in [-0.4, -0.2) is 29.8 Å². The van der Waals surface area contributed by atoms with Gasteiger partial charge in [0.2, 0.25) is 0 Å². The van der Waals surface area contributed by atoms with Crippen LogP contribution in [0.15, 0.2) is 34.9 Å². The van der Waals surface area contributed by atoms with Gasteiger partial charge in [0.15, 0.2) is 0 Å². The summed E-state index contributed by atoms with van der Waals surface area (Å²) in [5, 5.41) is 12.0. The fourth-order valence-corrected chi connectivity index (χ4v) is 2.49. The third-order valence-corrected chi connectivity index (χ3v) is 3.74. The zero-order chi connectivity index (χ0) is 17.6. The number of rotatable bonds is 5. The van der Waals surface area contributed by atoms with E-state index in [0.29, 0.717) is 29.4 Å². The molecule has 1 aromatic carbocycles. The first-order valence-electron chi connectivity index (χ1n) is 8.10. The number of nitrogens with zero attached hydrogens (tertiary/aromatic N) is 1. The summed E-state index contributed by atoms with van der Waals surface area (Å²) in [6.45, 7) is 2.69. The molecule has 25 heavy (non-hydrogen) atoms. The van der Waals surface area contributed by atoms with Gasteiger partial charge >= 0.3 is 6.03 Å². The van der Waals surface area contributed by atoms with Gasteiger partial charge in [0, 0.05) is 24.0 Å². The molecule has 0 spiro atoms. The zero-order valence-corrected chi connectivity index (χ0v) is 13.9. The van der Waals surface area contributed by atoms with Gasteiger partial charge in [-0.3, -0.25) is 4.79 Å². The largest absolute Gasteiger partial charge is 0.368 e. The van der Waals surface area contributed by atoms with Crippen LogP contribution in [0.2, 0.25) is 0 Å². The molecule has 8 nitrogen and oxygen atoms in total. The van der Waals surface area contributed by atoms with Crippen molar-refractivity contribution in [3.8, 4) is 0 Å². The van der Waals surface area contributed by atoms with E-state index in [4.69, 9.17) is 9.26 Å². The number of amides is 3. The van der Waals surface area contributed by atoms with E-state index in [1.807, 2.05) is 0 Å². The van der Waals surface area contributed by atoms with Crippen molar-refractivity contribution in [2.45, 2.75) is 32.4 Å². The summed E-state index contributed by atoms with van der Waals surface area (Å²) in [5.74, 6) is 0.553. The van der Waals surface area contributed by atoms with Gasteiger partial charge < -0.3 is 25.2 Å². The molecule has 1 saturated heterocycles. The van der Waals surface area contributed by atoms with E-state index in [9.17, 15) is 9.59 Å². The highest BCUT2D eigenvalue weighted by atomic mass is 16.5. The van der Waals surface area contributed by atoms with Gasteiger partial charge in [-0.15, -0.1) is 0 Å². The standard InChI is InChI=1S/C17H20N4O4/c1-11-9-14(21-25-11)10-18-17(23)20-13-6-4-12(5-7-13)19-16(22)15-3-2-8-24-15/h4-7,9,15H,2-3,8,10H2,1H3,(H,19,22)(H2,18,20,23)/t15-/m1/s1. The molecule has 8 heteroatoms. The second-order valence-corrected chi connectivity index (χ2v) is 5.80. The number of ether oxygens (including phenoxy) is 1. The van der Waals surface area contributed by atoms with Crippen LogP contribution in [0.1, 0.15) is 24.3 Å². The molecule has 3 amide bonds. The van der Waals surface area contributed by atoms with Crippen LogP contribution < -0.4 is 16.0 Å². The lowest BCUT2D eigenvalue weighted by Gasteiger charge is -2.11. The van der Waals surface area contributed by atoms with Crippen LogP contribution in [0, 0.1) is 6.92 Å². The lowest BCUT2D eigenvalue weighted by molar-refractivity contribution is -0.124. The molecule has 1 fully saturated rings. The van der Waals surface area contributed by atoms with Crippen molar-refractivity contribution in [1.29, 1.82) is 0 Å². The van der Waals surface area contributed by atoms with Crippen LogP contribution in [0.4, 0.5) is 16.2 Å². The van der Waals surface area contributed by atoms with Gasteiger partial charge in [0.05, 0.1) is 6.54 Å². The minimum absolute atomic E-state index is 0.140. The van der Waals surface area contributed by atoms with Crippen molar-refractivity contribution in [3.63, 3.8) is 0 Å². The average Bonchev–Trinajstić information content (AvgIpc) is 3.26. The Labute approximate surface area is 144 Å². The van der Waals surface area contributed by atoms with E-state index in [2.05, 4.69) is 21.1 Å². The number of carbonyl (C=O) groups excluding carboxylic acids is 2. The topological polar surface area (TPSA) is 105 Å². The maximum atomic E-state index is 12.0. The maximum absolute atomic E-state index is 12.0. The monoisotopic (exact) mass is 344 g/mol. The Balaban J connectivity index is 1.46. The first-order chi connectivity index (χ1) is 12.1. The van der Waals surface area contributed by atoms with Crippen LogP contribution in [0.5, 0.6) is 0 Å². The summed E-state index contributed by atoms with van der Waals surface area (Å²) in [4.78, 5) is 23.8. The van der Waals surface area contributed by atoms with Gasteiger partial charge in [-0.05, 0) is 44.0 Å². The first kappa shape index (κ1) is 17.0. The van der Waals surface area contributed by atoms with E-state index < -0.39 is 0 Å². The SMILES string of the molecule is Cc1cc(CNC(=O)Nc2ccc(NC(=O)[C@H]3CCCO3)cc2)no1. The predicted molar refractivity (Wildman–Crippen MR) is 91.1 cm³/mol. The molecule has 3 rings (SSSR count). The molecule has 1 atom stereocenters. The molecule has 2 aromatic rings. The van der Waals surface area contributed by atoms with Crippen molar-refractivity contribution >= 4 is 23.3 Å². The Morgan fingerprint density at radius 2 is 1.92 bits per heavy atom. The highest BCUT2D eigenvalue weighted by molar-refractivity contribution is 5.95. The molecular weight excluding hydrogens is 324 g/mol. The number of aryl methyl sites for hydroxylation is 1. The van der Waals surface area contributed by atoms with Crippen LogP contribution in [0.3, 0.4) is 0 Å². The quantitative estimate of drug-likeness (QED) is 0.772. The minimum atomic E-state index is -0.372. The summed E-state index contributed by atoms with van der Waals surface area (Å²) in [5.41, 5.74) is 1.92. The summed E-state index contributed by atoms with van der Waals surface area (Å²) >= 11 is 0. The molecule has 2 heterocycles. The molecule has 0 bridgehead atoms. The maximum Gasteiger partial charge on any atom is 0.319 e. The molecule has 3 N–H and O–H groups in total. The summed E-state index contributed by atoms with van der Waals surface area (Å²) in [7, 11) is 0. The van der Waals surface area contributed by atoms with Crippen LogP contribution in [-0.2, 0) is 16.1 Å². The number of anilines is 2. The van der Waals surface area contributed by atoms with Gasteiger partial charge in [-0.1, -0.05) is 5.16 Å². The van der Waals surface area contributed by atoms with E-state index >= 15 is 0 Å². The summed E-state index contributed by atoms with van der Waals surface area (Å²) in [6.07, 6.45) is 1.28. The Kier molecular flexibility index (Phi) is 5.30.